The summed E-state index contributed by atoms with van der Waals surface area (Å²) in [5, 5.41) is 28.9. The third kappa shape index (κ3) is 17.1. The summed E-state index contributed by atoms with van der Waals surface area (Å²) in [6.45, 7) is 8.48. The molecule has 0 aliphatic rings. The first-order valence-electron chi connectivity index (χ1n) is 10.9. The first-order chi connectivity index (χ1) is 13.1. The standard InChI is InChI=1S/C21H45NO3S2/c1-3-12-22(13-4-2)14-6-5-9-21(25,10-7-17-26-19-15-23)11-8-18-27-20-16-24/h23-25H,3-20H2,1-2H3. The predicted octanol–water partition coefficient (Wildman–Crippen LogP) is 4.02. The molecule has 6 heteroatoms. The molecular formula is C21H45NO3S2. The molecule has 0 aromatic heterocycles. The van der Waals surface area contributed by atoms with E-state index in [1.165, 1.54) is 32.4 Å². The summed E-state index contributed by atoms with van der Waals surface area (Å²) in [5.74, 6) is 3.62. The van der Waals surface area contributed by atoms with Gasteiger partial charge in [0.2, 0.25) is 0 Å². The van der Waals surface area contributed by atoms with Crippen LogP contribution in [0.5, 0.6) is 0 Å². The van der Waals surface area contributed by atoms with E-state index in [1.54, 1.807) is 23.5 Å². The highest BCUT2D eigenvalue weighted by Crippen LogP contribution is 2.27. The summed E-state index contributed by atoms with van der Waals surface area (Å²) in [7, 11) is 0. The maximum absolute atomic E-state index is 11.2. The maximum Gasteiger partial charge on any atom is 0.0648 e. The van der Waals surface area contributed by atoms with Crippen LogP contribution in [0.3, 0.4) is 0 Å². The number of hydrogen-bond acceptors (Lipinski definition) is 6. The molecular weight excluding hydrogens is 378 g/mol. The summed E-state index contributed by atoms with van der Waals surface area (Å²) < 4.78 is 0. The molecule has 0 saturated heterocycles. The molecule has 0 radical (unpaired) electrons. The van der Waals surface area contributed by atoms with Crippen molar-refractivity contribution in [3.8, 4) is 0 Å². The highest BCUT2D eigenvalue weighted by Gasteiger charge is 2.25. The summed E-state index contributed by atoms with van der Waals surface area (Å²) in [6, 6.07) is 0. The summed E-state index contributed by atoms with van der Waals surface area (Å²) in [4.78, 5) is 2.55. The Kier molecular flexibility index (Phi) is 20.2. The van der Waals surface area contributed by atoms with E-state index in [0.717, 1.165) is 68.1 Å². The second kappa shape index (κ2) is 19.8. The number of nitrogens with zero attached hydrogens (tertiary/aromatic N) is 1. The van der Waals surface area contributed by atoms with Crippen LogP contribution < -0.4 is 0 Å². The number of rotatable bonds is 21. The molecule has 0 saturated carbocycles. The maximum atomic E-state index is 11.2. The van der Waals surface area contributed by atoms with E-state index in [2.05, 4.69) is 18.7 Å². The van der Waals surface area contributed by atoms with Gasteiger partial charge in [0, 0.05) is 11.5 Å². The van der Waals surface area contributed by atoms with Gasteiger partial charge in [-0.05, 0) is 88.9 Å². The van der Waals surface area contributed by atoms with Gasteiger partial charge in [-0.15, -0.1) is 0 Å². The Morgan fingerprint density at radius 2 is 1.15 bits per heavy atom. The largest absolute Gasteiger partial charge is 0.396 e. The molecule has 0 amide bonds. The van der Waals surface area contributed by atoms with Crippen LogP contribution in [0.2, 0.25) is 0 Å². The molecule has 0 bridgehead atoms. The third-order valence-corrected chi connectivity index (χ3v) is 6.88. The number of unbranched alkanes of at least 4 members (excludes halogenated alkanes) is 1. The Morgan fingerprint density at radius 1 is 0.667 bits per heavy atom. The Balaban J connectivity index is 4.24. The van der Waals surface area contributed by atoms with Crippen molar-refractivity contribution in [3.63, 3.8) is 0 Å². The zero-order valence-corrected chi connectivity index (χ0v) is 19.5. The second-order valence-corrected chi connectivity index (χ2v) is 9.85. The molecule has 0 heterocycles. The van der Waals surface area contributed by atoms with Crippen molar-refractivity contribution in [3.05, 3.63) is 0 Å². The Labute approximate surface area is 176 Å². The molecule has 3 N–H and O–H groups in total. The van der Waals surface area contributed by atoms with Crippen LogP contribution >= 0.6 is 23.5 Å². The van der Waals surface area contributed by atoms with E-state index in [0.29, 0.717) is 0 Å². The van der Waals surface area contributed by atoms with Gasteiger partial charge in [0.1, 0.15) is 0 Å². The first kappa shape index (κ1) is 27.5. The molecule has 0 rings (SSSR count). The van der Waals surface area contributed by atoms with Crippen LogP contribution in [-0.2, 0) is 0 Å². The van der Waals surface area contributed by atoms with Gasteiger partial charge in [0.05, 0.1) is 18.8 Å². The van der Waals surface area contributed by atoms with Crippen LogP contribution in [0, 0.1) is 0 Å². The third-order valence-electron chi connectivity index (χ3n) is 4.78. The van der Waals surface area contributed by atoms with E-state index in [4.69, 9.17) is 10.2 Å². The average Bonchev–Trinajstić information content (AvgIpc) is 2.65. The Hall–Kier alpha value is 0.540. The Bertz CT molecular complexity index is 289. The van der Waals surface area contributed by atoms with Crippen LogP contribution in [0.1, 0.15) is 71.6 Å². The van der Waals surface area contributed by atoms with Crippen molar-refractivity contribution in [2.24, 2.45) is 0 Å². The SMILES string of the molecule is CCCN(CCC)CCCCC(O)(CCCSCCO)CCCSCCO. The molecule has 4 nitrogen and oxygen atoms in total. The molecule has 0 aromatic carbocycles. The van der Waals surface area contributed by atoms with Gasteiger partial charge in [0.25, 0.3) is 0 Å². The fourth-order valence-electron chi connectivity index (χ4n) is 3.47. The normalized spacial score (nSPS) is 12.2. The van der Waals surface area contributed by atoms with Crippen molar-refractivity contribution in [1.82, 2.24) is 4.90 Å². The smallest absolute Gasteiger partial charge is 0.0648 e. The van der Waals surface area contributed by atoms with Crippen LogP contribution in [0.25, 0.3) is 0 Å². The number of thioether (sulfide) groups is 2. The van der Waals surface area contributed by atoms with Crippen molar-refractivity contribution < 1.29 is 15.3 Å². The monoisotopic (exact) mass is 423 g/mol. The molecule has 0 aromatic rings. The number of hydrogen-bond donors (Lipinski definition) is 3. The van der Waals surface area contributed by atoms with Crippen molar-refractivity contribution in [2.75, 3.05) is 55.9 Å². The minimum atomic E-state index is -0.542. The van der Waals surface area contributed by atoms with Gasteiger partial charge < -0.3 is 20.2 Å². The van der Waals surface area contributed by atoms with E-state index >= 15 is 0 Å². The van der Waals surface area contributed by atoms with Crippen LogP contribution in [0.15, 0.2) is 0 Å². The highest BCUT2D eigenvalue weighted by molar-refractivity contribution is 7.99. The van der Waals surface area contributed by atoms with E-state index in [1.807, 2.05) is 0 Å². The van der Waals surface area contributed by atoms with E-state index in [-0.39, 0.29) is 13.2 Å². The van der Waals surface area contributed by atoms with Crippen molar-refractivity contribution in [1.29, 1.82) is 0 Å². The average molecular weight is 424 g/mol. The summed E-state index contributed by atoms with van der Waals surface area (Å²) >= 11 is 3.54. The van der Waals surface area contributed by atoms with Gasteiger partial charge in [0.15, 0.2) is 0 Å². The Morgan fingerprint density at radius 3 is 1.59 bits per heavy atom. The lowest BCUT2D eigenvalue weighted by atomic mass is 9.87. The topological polar surface area (TPSA) is 63.9 Å². The zero-order valence-electron chi connectivity index (χ0n) is 17.8. The number of aliphatic hydroxyl groups is 3. The molecule has 0 aliphatic carbocycles. The molecule has 0 atom stereocenters. The molecule has 0 spiro atoms. The van der Waals surface area contributed by atoms with Gasteiger partial charge in [-0.3, -0.25) is 0 Å². The minimum Gasteiger partial charge on any atom is -0.396 e. The summed E-state index contributed by atoms with van der Waals surface area (Å²) in [5.41, 5.74) is -0.542. The second-order valence-electron chi connectivity index (χ2n) is 7.40. The minimum absolute atomic E-state index is 0.239. The van der Waals surface area contributed by atoms with E-state index in [9.17, 15) is 5.11 Å². The number of aliphatic hydroxyl groups excluding tert-OH is 2. The molecule has 27 heavy (non-hydrogen) atoms. The predicted molar refractivity (Wildman–Crippen MR) is 123 cm³/mol. The summed E-state index contributed by atoms with van der Waals surface area (Å²) in [6.07, 6.45) is 9.34. The molecule has 164 valence electrons. The lowest BCUT2D eigenvalue weighted by Gasteiger charge is -2.29. The van der Waals surface area contributed by atoms with Gasteiger partial charge in [-0.25, -0.2) is 0 Å². The van der Waals surface area contributed by atoms with Crippen LogP contribution in [-0.4, -0.2) is 81.7 Å². The van der Waals surface area contributed by atoms with Gasteiger partial charge in [-0.2, -0.15) is 23.5 Å². The fraction of sp³-hybridized carbons (Fsp3) is 1.00. The molecule has 0 aliphatic heterocycles. The van der Waals surface area contributed by atoms with Gasteiger partial charge in [-0.1, -0.05) is 13.8 Å². The lowest BCUT2D eigenvalue weighted by Crippen LogP contribution is -2.30. The van der Waals surface area contributed by atoms with Crippen molar-refractivity contribution in [2.45, 2.75) is 77.2 Å². The van der Waals surface area contributed by atoms with E-state index < -0.39 is 5.60 Å². The quantitative estimate of drug-likeness (QED) is 0.242. The zero-order chi connectivity index (χ0) is 20.2. The molecule has 0 unspecified atom stereocenters. The van der Waals surface area contributed by atoms with Gasteiger partial charge >= 0.3 is 0 Å². The molecule has 0 fully saturated rings. The van der Waals surface area contributed by atoms with Crippen molar-refractivity contribution >= 4 is 23.5 Å². The first-order valence-corrected chi connectivity index (χ1v) is 13.2. The highest BCUT2D eigenvalue weighted by atomic mass is 32.2. The fourth-order valence-corrected chi connectivity index (χ4v) is 4.84. The van der Waals surface area contributed by atoms with Crippen LogP contribution in [0.4, 0.5) is 0 Å². The lowest BCUT2D eigenvalue weighted by molar-refractivity contribution is 0.0106.